The smallest absolute Gasteiger partial charge is 0.408 e. The van der Waals surface area contributed by atoms with Crippen LogP contribution in [0.1, 0.15) is 68.8 Å². The Morgan fingerprint density at radius 1 is 1.00 bits per heavy atom. The van der Waals surface area contributed by atoms with Crippen LogP contribution in [0.5, 0.6) is 0 Å². The molecule has 0 aromatic heterocycles. The van der Waals surface area contributed by atoms with Crippen molar-refractivity contribution >= 4 is 23.8 Å². The molecule has 4 amide bonds. The number of rotatable bonds is 11. The van der Waals surface area contributed by atoms with Gasteiger partial charge in [-0.25, -0.2) is 4.79 Å². The largest absolute Gasteiger partial charge is 0.444 e. The van der Waals surface area contributed by atoms with Gasteiger partial charge in [0, 0.05) is 19.5 Å². The zero-order valence-corrected chi connectivity index (χ0v) is 23.2. The number of aryl methyl sites for hydroxylation is 1. The van der Waals surface area contributed by atoms with Crippen LogP contribution in [0.3, 0.4) is 0 Å². The highest BCUT2D eigenvalue weighted by atomic mass is 16.6. The summed E-state index contributed by atoms with van der Waals surface area (Å²) >= 11 is 0. The third-order valence-corrected chi connectivity index (χ3v) is 6.10. The molecule has 0 saturated heterocycles. The Hall–Kier alpha value is -3.88. The van der Waals surface area contributed by atoms with Crippen molar-refractivity contribution in [2.45, 2.75) is 78.6 Å². The summed E-state index contributed by atoms with van der Waals surface area (Å²) in [4.78, 5) is 53.1. The number of benzene rings is 2. The van der Waals surface area contributed by atoms with Crippen molar-refractivity contribution < 1.29 is 23.9 Å². The quantitative estimate of drug-likeness (QED) is 0.413. The molecule has 2 atom stereocenters. The molecule has 0 bridgehead atoms. The van der Waals surface area contributed by atoms with E-state index in [2.05, 4.69) is 10.6 Å². The van der Waals surface area contributed by atoms with Crippen molar-refractivity contribution in [2.75, 3.05) is 6.54 Å². The van der Waals surface area contributed by atoms with Gasteiger partial charge in [-0.05, 0) is 70.2 Å². The van der Waals surface area contributed by atoms with E-state index < -0.39 is 35.6 Å². The predicted molar refractivity (Wildman–Crippen MR) is 146 cm³/mol. The fourth-order valence-electron chi connectivity index (χ4n) is 4.06. The monoisotopic (exact) mass is 524 g/mol. The molecule has 0 saturated carbocycles. The average Bonchev–Trinajstić information content (AvgIpc) is 2.84. The Kier molecular flexibility index (Phi) is 10.9. The first-order valence-electron chi connectivity index (χ1n) is 12.8. The zero-order valence-electron chi connectivity index (χ0n) is 23.2. The van der Waals surface area contributed by atoms with Crippen molar-refractivity contribution in [1.82, 2.24) is 15.5 Å². The number of alkyl carbamates (subject to hydrolysis) is 1. The van der Waals surface area contributed by atoms with Crippen LogP contribution in [0.15, 0.2) is 48.5 Å². The first-order valence-corrected chi connectivity index (χ1v) is 12.8. The molecule has 0 aliphatic heterocycles. The van der Waals surface area contributed by atoms with Crippen molar-refractivity contribution in [3.63, 3.8) is 0 Å². The summed E-state index contributed by atoms with van der Waals surface area (Å²) < 4.78 is 5.34. The lowest BCUT2D eigenvalue weighted by atomic mass is 9.94. The first kappa shape index (κ1) is 30.3. The molecule has 2 aromatic carbocycles. The molecule has 9 heteroatoms. The van der Waals surface area contributed by atoms with Gasteiger partial charge in [0.25, 0.3) is 0 Å². The maximum atomic E-state index is 13.9. The first-order chi connectivity index (χ1) is 17.8. The molecule has 2 rings (SSSR count). The van der Waals surface area contributed by atoms with Crippen LogP contribution in [0.4, 0.5) is 4.79 Å². The minimum Gasteiger partial charge on any atom is -0.444 e. The molecule has 0 fully saturated rings. The Labute approximate surface area is 225 Å². The number of hydrogen-bond donors (Lipinski definition) is 3. The minimum absolute atomic E-state index is 0.0327. The molecular formula is C29H40N4O5. The van der Waals surface area contributed by atoms with Gasteiger partial charge in [-0.1, -0.05) is 48.5 Å². The molecule has 9 nitrogen and oxygen atoms in total. The second kappa shape index (κ2) is 13.6. The molecule has 2 unspecified atom stereocenters. The summed E-state index contributed by atoms with van der Waals surface area (Å²) in [5, 5.41) is 5.54. The van der Waals surface area contributed by atoms with E-state index in [1.165, 1.54) is 4.90 Å². The van der Waals surface area contributed by atoms with Crippen LogP contribution in [0, 0.1) is 13.8 Å². The van der Waals surface area contributed by atoms with Gasteiger partial charge in [-0.2, -0.15) is 0 Å². The average molecular weight is 525 g/mol. The molecular weight excluding hydrogens is 484 g/mol. The van der Waals surface area contributed by atoms with E-state index in [1.54, 1.807) is 27.7 Å². The van der Waals surface area contributed by atoms with Crippen LogP contribution in [-0.2, 0) is 25.7 Å². The molecule has 2 aromatic rings. The predicted octanol–water partition coefficient (Wildman–Crippen LogP) is 3.67. The van der Waals surface area contributed by atoms with Crippen LogP contribution in [-0.4, -0.2) is 46.9 Å². The number of carbonyl (C=O) groups excluding carboxylic acids is 4. The SMILES string of the molecule is CCN(C(=O)C(CCC(N)=O)NC(=O)OC(C)(C)C)C(C(=O)NCc1ccccc1)c1cccc(C)c1C. The molecule has 206 valence electrons. The van der Waals surface area contributed by atoms with Gasteiger partial charge in [0.2, 0.25) is 17.7 Å². The highest BCUT2D eigenvalue weighted by Crippen LogP contribution is 2.27. The number of nitrogens with one attached hydrogen (secondary N) is 2. The standard InChI is InChI=1S/C29H40N4O5/c1-7-33(27(36)23(16-17-24(30)34)32-28(37)38-29(4,5)6)25(22-15-11-12-19(2)20(22)3)26(35)31-18-21-13-9-8-10-14-21/h8-15,23,25H,7,16-18H2,1-6H3,(H2,30,34)(H,31,35)(H,32,37). The normalized spacial score (nSPS) is 12.7. The van der Waals surface area contributed by atoms with Gasteiger partial charge in [-0.3, -0.25) is 14.4 Å². The van der Waals surface area contributed by atoms with Crippen molar-refractivity contribution in [2.24, 2.45) is 5.73 Å². The van der Waals surface area contributed by atoms with Gasteiger partial charge in [0.15, 0.2) is 0 Å². The van der Waals surface area contributed by atoms with E-state index in [0.717, 1.165) is 16.7 Å². The third kappa shape index (κ3) is 8.90. The minimum atomic E-state index is -1.12. The molecule has 0 radical (unpaired) electrons. The van der Waals surface area contributed by atoms with Gasteiger partial charge in [0.1, 0.15) is 17.7 Å². The van der Waals surface area contributed by atoms with E-state index in [-0.39, 0.29) is 31.8 Å². The number of amides is 4. The number of primary amides is 1. The van der Waals surface area contributed by atoms with E-state index in [9.17, 15) is 19.2 Å². The third-order valence-electron chi connectivity index (χ3n) is 6.10. The van der Waals surface area contributed by atoms with Crippen molar-refractivity contribution in [3.8, 4) is 0 Å². The molecule has 4 N–H and O–H groups in total. The number of hydrogen-bond acceptors (Lipinski definition) is 5. The molecule has 0 heterocycles. The maximum absolute atomic E-state index is 13.9. The molecule has 38 heavy (non-hydrogen) atoms. The fourth-order valence-corrected chi connectivity index (χ4v) is 4.06. The highest BCUT2D eigenvalue weighted by Gasteiger charge is 2.36. The van der Waals surface area contributed by atoms with Crippen LogP contribution in [0.25, 0.3) is 0 Å². The fraction of sp³-hybridized carbons (Fsp3) is 0.448. The van der Waals surface area contributed by atoms with Crippen molar-refractivity contribution in [3.05, 3.63) is 70.8 Å². The lowest BCUT2D eigenvalue weighted by Crippen LogP contribution is -2.53. The Morgan fingerprint density at radius 3 is 2.24 bits per heavy atom. The number of ether oxygens (including phenoxy) is 1. The lowest BCUT2D eigenvalue weighted by molar-refractivity contribution is -0.142. The lowest BCUT2D eigenvalue weighted by Gasteiger charge is -2.34. The number of carbonyl (C=O) groups is 4. The number of nitrogens with zero attached hydrogens (tertiary/aromatic N) is 1. The summed E-state index contributed by atoms with van der Waals surface area (Å²) in [6, 6.07) is 13.0. The molecule has 0 spiro atoms. The second-order valence-corrected chi connectivity index (χ2v) is 10.2. The van der Waals surface area contributed by atoms with E-state index in [4.69, 9.17) is 10.5 Å². The zero-order chi connectivity index (χ0) is 28.5. The Morgan fingerprint density at radius 2 is 1.66 bits per heavy atom. The van der Waals surface area contributed by atoms with Gasteiger partial charge in [-0.15, -0.1) is 0 Å². The molecule has 0 aliphatic carbocycles. The summed E-state index contributed by atoms with van der Waals surface area (Å²) in [5.41, 5.74) is 8.01. The van der Waals surface area contributed by atoms with Crippen LogP contribution in [0.2, 0.25) is 0 Å². The Bertz CT molecular complexity index is 1130. The second-order valence-electron chi connectivity index (χ2n) is 10.2. The highest BCUT2D eigenvalue weighted by molar-refractivity contribution is 5.92. The number of nitrogens with two attached hydrogens (primary N) is 1. The summed E-state index contributed by atoms with van der Waals surface area (Å²) in [6.07, 6.45) is -0.958. The van der Waals surface area contributed by atoms with Crippen molar-refractivity contribution in [1.29, 1.82) is 0 Å². The van der Waals surface area contributed by atoms with Gasteiger partial charge >= 0.3 is 6.09 Å². The van der Waals surface area contributed by atoms with Crippen LogP contribution >= 0.6 is 0 Å². The summed E-state index contributed by atoms with van der Waals surface area (Å²) in [5.74, 6) is -1.48. The van der Waals surface area contributed by atoms with E-state index in [0.29, 0.717) is 5.56 Å². The van der Waals surface area contributed by atoms with Gasteiger partial charge < -0.3 is 26.0 Å². The van der Waals surface area contributed by atoms with E-state index in [1.807, 2.05) is 62.4 Å². The topological polar surface area (TPSA) is 131 Å². The van der Waals surface area contributed by atoms with Gasteiger partial charge in [0.05, 0.1) is 0 Å². The maximum Gasteiger partial charge on any atom is 0.408 e. The van der Waals surface area contributed by atoms with Crippen LogP contribution < -0.4 is 16.4 Å². The van der Waals surface area contributed by atoms with E-state index >= 15 is 0 Å². The number of likely N-dealkylation sites (N-methyl/N-ethyl adjacent to an activating group) is 1. The summed E-state index contributed by atoms with van der Waals surface area (Å²) in [6.45, 7) is 11.2. The Balaban J connectivity index is 2.44. The summed E-state index contributed by atoms with van der Waals surface area (Å²) in [7, 11) is 0. The molecule has 0 aliphatic rings.